The molecule has 5 rings (SSSR count). The number of amides is 1. The summed E-state index contributed by atoms with van der Waals surface area (Å²) in [7, 11) is 1.43. The Morgan fingerprint density at radius 3 is 2.30 bits per heavy atom. The lowest BCUT2D eigenvalue weighted by atomic mass is 9.97. The summed E-state index contributed by atoms with van der Waals surface area (Å²) in [6.07, 6.45) is 3.54. The quantitative estimate of drug-likeness (QED) is 0.246. The summed E-state index contributed by atoms with van der Waals surface area (Å²) in [5, 5.41) is 11.8. The molecule has 2 aliphatic rings. The number of rotatable bonds is 5. The van der Waals surface area contributed by atoms with E-state index in [2.05, 4.69) is 4.90 Å². The van der Waals surface area contributed by atoms with Gasteiger partial charge in [0.05, 0.1) is 23.3 Å². The van der Waals surface area contributed by atoms with Gasteiger partial charge in [0.15, 0.2) is 0 Å². The van der Waals surface area contributed by atoms with Crippen LogP contribution in [0.15, 0.2) is 58.5 Å². The van der Waals surface area contributed by atoms with Crippen molar-refractivity contribution in [1.29, 1.82) is 0 Å². The third kappa shape index (κ3) is 4.48. The molecule has 0 radical (unpaired) electrons. The van der Waals surface area contributed by atoms with Crippen molar-refractivity contribution in [3.05, 3.63) is 81.8 Å². The number of ketones is 1. The smallest absolute Gasteiger partial charge is 0.300 e. The molecule has 37 heavy (non-hydrogen) atoms. The topological polar surface area (TPSA) is 83.2 Å². The molecular formula is C29H29ClN2O5. The number of hydrogen-bond acceptors (Lipinski definition) is 6. The molecule has 192 valence electrons. The van der Waals surface area contributed by atoms with E-state index in [4.69, 9.17) is 20.8 Å². The average Bonchev–Trinajstić information content (AvgIpc) is 3.44. The van der Waals surface area contributed by atoms with Crippen molar-refractivity contribution >= 4 is 40.4 Å². The van der Waals surface area contributed by atoms with Crippen molar-refractivity contribution in [3.63, 3.8) is 0 Å². The summed E-state index contributed by atoms with van der Waals surface area (Å²) < 4.78 is 11.3. The van der Waals surface area contributed by atoms with Gasteiger partial charge in [0.25, 0.3) is 11.7 Å². The molecule has 2 aliphatic heterocycles. The van der Waals surface area contributed by atoms with Crippen LogP contribution in [0.25, 0.3) is 5.76 Å². The maximum Gasteiger partial charge on any atom is 0.300 e. The Balaban J connectivity index is 1.64. The van der Waals surface area contributed by atoms with Gasteiger partial charge in [-0.05, 0) is 87.2 Å². The maximum absolute atomic E-state index is 13.4. The molecular weight excluding hydrogens is 492 g/mol. The van der Waals surface area contributed by atoms with E-state index in [0.717, 1.165) is 37.2 Å². The standard InChI is InChI=1S/C29H29ClN2O5/c1-17-15-21(28(36-3)22(30)16-17)26(33)24-25(23-12-7-18(2)37-23)32(29(35)27(24)34)20-10-8-19(9-11-20)31-13-5-4-6-14-31/h7-12,15-16,25,33H,4-6,13-14H2,1-3H3/b26-24+. The highest BCUT2D eigenvalue weighted by Crippen LogP contribution is 2.45. The Kier molecular flexibility index (Phi) is 6.73. The molecule has 3 aromatic rings. The second-order valence-corrected chi connectivity index (χ2v) is 9.92. The molecule has 0 saturated carbocycles. The van der Waals surface area contributed by atoms with E-state index in [-0.39, 0.29) is 27.7 Å². The molecule has 1 unspecified atom stereocenters. The highest BCUT2D eigenvalue weighted by Gasteiger charge is 2.48. The fraction of sp³-hybridized carbons (Fsp3) is 0.310. The maximum atomic E-state index is 13.4. The molecule has 1 amide bonds. The second-order valence-electron chi connectivity index (χ2n) is 9.51. The van der Waals surface area contributed by atoms with Gasteiger partial charge in [-0.15, -0.1) is 0 Å². The number of methoxy groups -OCH3 is 1. The zero-order valence-corrected chi connectivity index (χ0v) is 21.8. The first-order chi connectivity index (χ1) is 17.8. The third-order valence-corrected chi connectivity index (χ3v) is 7.25. The highest BCUT2D eigenvalue weighted by molar-refractivity contribution is 6.51. The minimum atomic E-state index is -0.960. The molecule has 2 fully saturated rings. The minimum Gasteiger partial charge on any atom is -0.507 e. The number of aliphatic hydroxyl groups excluding tert-OH is 1. The number of furan rings is 1. The Labute approximate surface area is 220 Å². The SMILES string of the molecule is COc1c(Cl)cc(C)cc1/C(O)=C1\C(=O)C(=O)N(c2ccc(N3CCCCC3)cc2)C1c1ccc(C)o1. The number of halogens is 1. The molecule has 7 nitrogen and oxygen atoms in total. The van der Waals surface area contributed by atoms with E-state index in [0.29, 0.717) is 17.2 Å². The van der Waals surface area contributed by atoms with Gasteiger partial charge in [0.2, 0.25) is 0 Å². The molecule has 8 heteroatoms. The number of Topliss-reactive ketones (excluding diaryl/α,β-unsaturated/α-hetero) is 1. The number of nitrogens with zero attached hydrogens (tertiary/aromatic N) is 2. The highest BCUT2D eigenvalue weighted by atomic mass is 35.5. The number of carbonyl (C=O) groups excluding carboxylic acids is 2. The van der Waals surface area contributed by atoms with Crippen molar-refractivity contribution in [2.75, 3.05) is 30.0 Å². The number of piperidine rings is 1. The van der Waals surface area contributed by atoms with E-state index in [1.807, 2.05) is 31.2 Å². The van der Waals surface area contributed by atoms with E-state index in [1.165, 1.54) is 18.4 Å². The Hall–Kier alpha value is -3.71. The van der Waals surface area contributed by atoms with Crippen LogP contribution in [0.1, 0.15) is 48.0 Å². The number of anilines is 2. The summed E-state index contributed by atoms with van der Waals surface area (Å²) in [5.41, 5.74) is 2.53. The molecule has 2 aromatic carbocycles. The largest absolute Gasteiger partial charge is 0.507 e. The predicted octanol–water partition coefficient (Wildman–Crippen LogP) is 6.18. The lowest BCUT2D eigenvalue weighted by Gasteiger charge is -2.29. The van der Waals surface area contributed by atoms with Gasteiger partial charge in [-0.1, -0.05) is 11.6 Å². The average molecular weight is 521 g/mol. The normalized spacial score (nSPS) is 19.5. The van der Waals surface area contributed by atoms with Crippen LogP contribution in [0, 0.1) is 13.8 Å². The lowest BCUT2D eigenvalue weighted by Crippen LogP contribution is -2.30. The van der Waals surface area contributed by atoms with Crippen molar-refractivity contribution in [1.82, 2.24) is 0 Å². The molecule has 3 heterocycles. The van der Waals surface area contributed by atoms with E-state index in [1.54, 1.807) is 31.2 Å². The Bertz CT molecular complexity index is 1390. The Morgan fingerprint density at radius 2 is 1.68 bits per heavy atom. The summed E-state index contributed by atoms with van der Waals surface area (Å²) in [6, 6.07) is 13.5. The minimum absolute atomic E-state index is 0.0839. The second kappa shape index (κ2) is 9.98. The van der Waals surface area contributed by atoms with Gasteiger partial charge in [-0.25, -0.2) is 0 Å². The molecule has 1 aromatic heterocycles. The molecule has 2 saturated heterocycles. The van der Waals surface area contributed by atoms with Crippen LogP contribution < -0.4 is 14.5 Å². The van der Waals surface area contributed by atoms with Crippen molar-refractivity contribution in [2.24, 2.45) is 0 Å². The molecule has 1 atom stereocenters. The molecule has 1 N–H and O–H groups in total. The van der Waals surface area contributed by atoms with Crippen LogP contribution in [0.5, 0.6) is 5.75 Å². The fourth-order valence-electron chi connectivity index (χ4n) is 5.20. The number of benzene rings is 2. The van der Waals surface area contributed by atoms with E-state index >= 15 is 0 Å². The van der Waals surface area contributed by atoms with Crippen LogP contribution in [-0.2, 0) is 9.59 Å². The molecule has 0 aliphatic carbocycles. The van der Waals surface area contributed by atoms with Gasteiger partial charge in [-0.2, -0.15) is 0 Å². The zero-order chi connectivity index (χ0) is 26.3. The van der Waals surface area contributed by atoms with Crippen molar-refractivity contribution in [3.8, 4) is 5.75 Å². The summed E-state index contributed by atoms with van der Waals surface area (Å²) in [5.74, 6) is -0.711. The van der Waals surface area contributed by atoms with E-state index < -0.39 is 17.7 Å². The van der Waals surface area contributed by atoms with Crippen LogP contribution in [0.4, 0.5) is 11.4 Å². The van der Waals surface area contributed by atoms with Crippen LogP contribution in [-0.4, -0.2) is 37.0 Å². The molecule has 0 bridgehead atoms. The summed E-state index contributed by atoms with van der Waals surface area (Å²) in [4.78, 5) is 30.6. The first-order valence-corrected chi connectivity index (χ1v) is 12.7. The van der Waals surface area contributed by atoms with Gasteiger partial charge in [-0.3, -0.25) is 14.5 Å². The lowest BCUT2D eigenvalue weighted by molar-refractivity contribution is -0.132. The number of ether oxygens (including phenoxy) is 1. The summed E-state index contributed by atoms with van der Waals surface area (Å²) >= 11 is 6.37. The summed E-state index contributed by atoms with van der Waals surface area (Å²) in [6.45, 7) is 5.59. The number of carbonyl (C=O) groups is 2. The van der Waals surface area contributed by atoms with Crippen LogP contribution in [0.2, 0.25) is 5.02 Å². The number of hydrogen-bond donors (Lipinski definition) is 1. The Morgan fingerprint density at radius 1 is 1.00 bits per heavy atom. The monoisotopic (exact) mass is 520 g/mol. The van der Waals surface area contributed by atoms with Gasteiger partial charge >= 0.3 is 0 Å². The number of aliphatic hydroxyl groups is 1. The predicted molar refractivity (Wildman–Crippen MR) is 143 cm³/mol. The van der Waals surface area contributed by atoms with Crippen LogP contribution >= 0.6 is 11.6 Å². The first kappa shape index (κ1) is 25.0. The van der Waals surface area contributed by atoms with Gasteiger partial charge < -0.3 is 19.2 Å². The third-order valence-electron chi connectivity index (χ3n) is 6.97. The fourth-order valence-corrected chi connectivity index (χ4v) is 5.55. The molecule has 0 spiro atoms. The van der Waals surface area contributed by atoms with Crippen LogP contribution in [0.3, 0.4) is 0 Å². The van der Waals surface area contributed by atoms with Gasteiger partial charge in [0.1, 0.15) is 29.1 Å². The van der Waals surface area contributed by atoms with Crippen molar-refractivity contribution < 1.29 is 23.8 Å². The first-order valence-electron chi connectivity index (χ1n) is 12.4. The van der Waals surface area contributed by atoms with E-state index in [9.17, 15) is 14.7 Å². The zero-order valence-electron chi connectivity index (χ0n) is 21.1. The number of aryl methyl sites for hydroxylation is 2. The van der Waals surface area contributed by atoms with Crippen molar-refractivity contribution in [2.45, 2.75) is 39.2 Å². The van der Waals surface area contributed by atoms with Gasteiger partial charge in [0, 0.05) is 24.5 Å².